The van der Waals surface area contributed by atoms with Crippen molar-refractivity contribution in [2.24, 2.45) is 0 Å². The monoisotopic (exact) mass is 496 g/mol. The van der Waals surface area contributed by atoms with Gasteiger partial charge in [-0.2, -0.15) is 0 Å². The molecule has 2 N–H and O–H groups in total. The SMILES string of the molecule is COc1ccc(CC(=O)N(C)CCCN2C(=O)NC(C)=C(C(=O)O)C2c2cccc([N+](=O)[O-])c2)cc1. The number of ether oxygens (including phenoxy) is 1. The summed E-state index contributed by atoms with van der Waals surface area (Å²) in [5.74, 6) is -0.649. The molecule has 1 unspecified atom stereocenters. The van der Waals surface area contributed by atoms with E-state index in [4.69, 9.17) is 4.74 Å². The number of non-ortho nitro benzene ring substituents is 1. The summed E-state index contributed by atoms with van der Waals surface area (Å²) in [6.45, 7) is 1.93. The van der Waals surface area contributed by atoms with Crippen LogP contribution in [0.5, 0.6) is 5.75 Å². The van der Waals surface area contributed by atoms with Crippen LogP contribution in [0.4, 0.5) is 10.5 Å². The number of nitrogens with one attached hydrogen (secondary N) is 1. The van der Waals surface area contributed by atoms with Crippen molar-refractivity contribution in [3.63, 3.8) is 0 Å². The van der Waals surface area contributed by atoms with Crippen molar-refractivity contribution >= 4 is 23.6 Å². The third kappa shape index (κ3) is 5.98. The van der Waals surface area contributed by atoms with Gasteiger partial charge in [0.15, 0.2) is 0 Å². The fourth-order valence-electron chi connectivity index (χ4n) is 4.10. The van der Waals surface area contributed by atoms with Gasteiger partial charge in [-0.25, -0.2) is 9.59 Å². The van der Waals surface area contributed by atoms with E-state index in [-0.39, 0.29) is 35.8 Å². The number of rotatable bonds is 10. The fourth-order valence-corrected chi connectivity index (χ4v) is 4.10. The average Bonchev–Trinajstić information content (AvgIpc) is 2.85. The third-order valence-electron chi connectivity index (χ3n) is 6.00. The highest BCUT2D eigenvalue weighted by Crippen LogP contribution is 2.35. The number of methoxy groups -OCH3 is 1. The number of aliphatic carboxylic acids is 1. The average molecular weight is 497 g/mol. The van der Waals surface area contributed by atoms with Gasteiger partial charge in [-0.15, -0.1) is 0 Å². The van der Waals surface area contributed by atoms with E-state index < -0.39 is 23.0 Å². The Morgan fingerprint density at radius 3 is 2.53 bits per heavy atom. The van der Waals surface area contributed by atoms with Crippen LogP contribution in [0, 0.1) is 10.1 Å². The Bertz CT molecular complexity index is 1190. The maximum atomic E-state index is 12.8. The summed E-state index contributed by atoms with van der Waals surface area (Å²) in [4.78, 5) is 51.1. The molecule has 1 aliphatic heterocycles. The van der Waals surface area contributed by atoms with E-state index in [9.17, 15) is 29.6 Å². The molecule has 0 fully saturated rings. The number of benzene rings is 2. The second-order valence-corrected chi connectivity index (χ2v) is 8.42. The summed E-state index contributed by atoms with van der Waals surface area (Å²) < 4.78 is 5.12. The minimum absolute atomic E-state index is 0.0703. The van der Waals surface area contributed by atoms with Gasteiger partial charge in [0.1, 0.15) is 5.75 Å². The highest BCUT2D eigenvalue weighted by molar-refractivity contribution is 5.93. The summed E-state index contributed by atoms with van der Waals surface area (Å²) in [5, 5.41) is 23.7. The molecule has 3 rings (SSSR count). The lowest BCUT2D eigenvalue weighted by molar-refractivity contribution is -0.384. The van der Waals surface area contributed by atoms with Crippen LogP contribution in [0.2, 0.25) is 0 Å². The van der Waals surface area contributed by atoms with Crippen LogP contribution < -0.4 is 10.1 Å². The molecule has 36 heavy (non-hydrogen) atoms. The van der Waals surface area contributed by atoms with Crippen molar-refractivity contribution in [3.05, 3.63) is 81.0 Å². The lowest BCUT2D eigenvalue weighted by Gasteiger charge is -2.37. The Morgan fingerprint density at radius 2 is 1.92 bits per heavy atom. The molecule has 3 amide bonds. The van der Waals surface area contributed by atoms with Gasteiger partial charge in [-0.05, 0) is 36.6 Å². The topological polar surface area (TPSA) is 142 Å². The van der Waals surface area contributed by atoms with E-state index in [1.54, 1.807) is 37.3 Å². The number of hydrogen-bond donors (Lipinski definition) is 2. The Morgan fingerprint density at radius 1 is 1.22 bits per heavy atom. The first-order chi connectivity index (χ1) is 17.1. The summed E-state index contributed by atoms with van der Waals surface area (Å²) in [6, 6.07) is 11.2. The zero-order valence-electron chi connectivity index (χ0n) is 20.3. The Kier molecular flexibility index (Phi) is 8.26. The molecule has 0 aromatic heterocycles. The van der Waals surface area contributed by atoms with Crippen molar-refractivity contribution in [3.8, 4) is 5.75 Å². The number of carboxylic acids is 1. The molecule has 0 radical (unpaired) electrons. The number of hydrogen-bond acceptors (Lipinski definition) is 6. The number of nitrogens with zero attached hydrogens (tertiary/aromatic N) is 3. The van der Waals surface area contributed by atoms with Gasteiger partial charge in [0.05, 0.1) is 30.1 Å². The van der Waals surface area contributed by atoms with Gasteiger partial charge in [-0.3, -0.25) is 14.9 Å². The molecule has 0 saturated heterocycles. The van der Waals surface area contributed by atoms with Gasteiger partial charge < -0.3 is 25.0 Å². The number of carboxylic acid groups (broad SMARTS) is 1. The molecule has 1 atom stereocenters. The lowest BCUT2D eigenvalue weighted by atomic mass is 9.93. The number of nitro groups is 1. The molecule has 2 aromatic carbocycles. The largest absolute Gasteiger partial charge is 0.497 e. The second-order valence-electron chi connectivity index (χ2n) is 8.42. The fraction of sp³-hybridized carbons (Fsp3) is 0.320. The summed E-state index contributed by atoms with van der Waals surface area (Å²) >= 11 is 0. The van der Waals surface area contributed by atoms with Crippen LogP contribution in [0.25, 0.3) is 0 Å². The summed E-state index contributed by atoms with van der Waals surface area (Å²) in [7, 11) is 3.23. The quantitative estimate of drug-likeness (QED) is 0.380. The molecule has 0 bridgehead atoms. The van der Waals surface area contributed by atoms with E-state index in [0.717, 1.165) is 5.56 Å². The van der Waals surface area contributed by atoms with Crippen molar-refractivity contribution in [2.75, 3.05) is 27.2 Å². The van der Waals surface area contributed by atoms with Crippen LogP contribution in [0.15, 0.2) is 59.8 Å². The zero-order valence-corrected chi connectivity index (χ0v) is 20.3. The molecule has 1 heterocycles. The van der Waals surface area contributed by atoms with E-state index in [1.165, 1.54) is 30.0 Å². The first-order valence-electron chi connectivity index (χ1n) is 11.2. The highest BCUT2D eigenvalue weighted by Gasteiger charge is 2.38. The lowest BCUT2D eigenvalue weighted by Crippen LogP contribution is -2.49. The minimum atomic E-state index is -1.24. The van der Waals surface area contributed by atoms with Crippen LogP contribution >= 0.6 is 0 Å². The Labute approximate surface area is 208 Å². The molecule has 0 aliphatic carbocycles. The van der Waals surface area contributed by atoms with Gasteiger partial charge in [-0.1, -0.05) is 24.3 Å². The highest BCUT2D eigenvalue weighted by atomic mass is 16.6. The van der Waals surface area contributed by atoms with Gasteiger partial charge >= 0.3 is 12.0 Å². The standard InChI is InChI=1S/C25H28N4O7/c1-16-22(24(31)32)23(18-6-4-7-19(15-18)29(34)35)28(25(33)26-16)13-5-12-27(2)21(30)14-17-8-10-20(36-3)11-9-17/h4,6-11,15,23H,5,12-14H2,1-3H3,(H,26,33)(H,31,32). The Hall–Kier alpha value is -4.41. The summed E-state index contributed by atoms with van der Waals surface area (Å²) in [6.07, 6.45) is 0.571. The number of allylic oxidation sites excluding steroid dienone is 1. The van der Waals surface area contributed by atoms with E-state index in [2.05, 4.69) is 5.32 Å². The number of carbonyl (C=O) groups excluding carboxylic acids is 2. The number of likely N-dealkylation sites (N-methyl/N-ethyl adjacent to an activating group) is 1. The number of nitro benzene ring substituents is 1. The maximum Gasteiger partial charge on any atom is 0.335 e. The van der Waals surface area contributed by atoms with Gasteiger partial charge in [0.25, 0.3) is 5.69 Å². The van der Waals surface area contributed by atoms with Crippen molar-refractivity contribution in [1.29, 1.82) is 0 Å². The zero-order chi connectivity index (χ0) is 26.4. The van der Waals surface area contributed by atoms with E-state index in [0.29, 0.717) is 24.3 Å². The Balaban J connectivity index is 1.74. The van der Waals surface area contributed by atoms with Crippen molar-refractivity contribution in [1.82, 2.24) is 15.1 Å². The molecule has 2 aromatic rings. The molecule has 11 nitrogen and oxygen atoms in total. The smallest absolute Gasteiger partial charge is 0.335 e. The molecule has 0 spiro atoms. The second kappa shape index (κ2) is 11.3. The first-order valence-corrected chi connectivity index (χ1v) is 11.2. The first kappa shape index (κ1) is 26.2. The van der Waals surface area contributed by atoms with Crippen molar-refractivity contribution < 1.29 is 29.2 Å². The van der Waals surface area contributed by atoms with Crippen LogP contribution in [-0.2, 0) is 16.0 Å². The number of urea groups is 1. The van der Waals surface area contributed by atoms with Crippen LogP contribution in [0.1, 0.15) is 30.5 Å². The predicted octanol–water partition coefficient (Wildman–Crippen LogP) is 3.12. The number of carbonyl (C=O) groups is 3. The van der Waals surface area contributed by atoms with E-state index in [1.807, 2.05) is 12.1 Å². The van der Waals surface area contributed by atoms with Crippen molar-refractivity contribution in [2.45, 2.75) is 25.8 Å². The van der Waals surface area contributed by atoms with Gasteiger partial charge in [0.2, 0.25) is 5.91 Å². The molecule has 1 aliphatic rings. The van der Waals surface area contributed by atoms with Crippen LogP contribution in [0.3, 0.4) is 0 Å². The molecule has 190 valence electrons. The molecular formula is C25H28N4O7. The van der Waals surface area contributed by atoms with Crippen LogP contribution in [-0.4, -0.2) is 65.0 Å². The normalized spacial score (nSPS) is 15.4. The number of amides is 3. The minimum Gasteiger partial charge on any atom is -0.497 e. The summed E-state index contributed by atoms with van der Waals surface area (Å²) in [5.41, 5.74) is 1.05. The molecule has 11 heteroatoms. The maximum absolute atomic E-state index is 12.8. The van der Waals surface area contributed by atoms with E-state index >= 15 is 0 Å². The molecule has 0 saturated carbocycles. The van der Waals surface area contributed by atoms with Gasteiger partial charge in [0, 0.05) is 38.0 Å². The predicted molar refractivity (Wildman–Crippen MR) is 130 cm³/mol. The third-order valence-corrected chi connectivity index (χ3v) is 6.00. The molecular weight excluding hydrogens is 468 g/mol.